The lowest BCUT2D eigenvalue weighted by Gasteiger charge is -2.29. The molecule has 3 N–H and O–H groups in total. The molecule has 0 spiro atoms. The second kappa shape index (κ2) is 8.43. The van der Waals surface area contributed by atoms with Crippen LogP contribution < -0.4 is 15.5 Å². The van der Waals surface area contributed by atoms with Crippen LogP contribution in [0.2, 0.25) is 0 Å². The predicted octanol–water partition coefficient (Wildman–Crippen LogP) is 4.09. The highest BCUT2D eigenvalue weighted by Gasteiger charge is 2.17. The fraction of sp³-hybridized carbons (Fsp3) is 0.261. The summed E-state index contributed by atoms with van der Waals surface area (Å²) in [7, 11) is 1.79. The van der Waals surface area contributed by atoms with Gasteiger partial charge in [0.05, 0.1) is 24.5 Å². The molecule has 0 bridgehead atoms. The van der Waals surface area contributed by atoms with Crippen molar-refractivity contribution in [2.24, 2.45) is 0 Å². The van der Waals surface area contributed by atoms with E-state index in [1.807, 2.05) is 6.07 Å². The zero-order chi connectivity index (χ0) is 22.1. The molecule has 2 aromatic carbocycles. The summed E-state index contributed by atoms with van der Waals surface area (Å²) >= 11 is 0. The normalized spacial score (nSPS) is 14.0. The Bertz CT molecular complexity index is 1270. The van der Waals surface area contributed by atoms with Crippen LogP contribution in [-0.4, -0.2) is 53.5 Å². The van der Waals surface area contributed by atoms with Crippen LogP contribution in [0.5, 0.6) is 0 Å². The van der Waals surface area contributed by atoms with Gasteiger partial charge in [-0.05, 0) is 36.8 Å². The van der Waals surface area contributed by atoms with Gasteiger partial charge in [0.25, 0.3) is 0 Å². The molecule has 1 fully saturated rings. The van der Waals surface area contributed by atoms with Crippen LogP contribution in [0, 0.1) is 12.7 Å². The zero-order valence-electron chi connectivity index (χ0n) is 17.9. The number of morpholine rings is 1. The zero-order valence-corrected chi connectivity index (χ0v) is 17.9. The van der Waals surface area contributed by atoms with Gasteiger partial charge in [0, 0.05) is 43.1 Å². The third-order valence-corrected chi connectivity index (χ3v) is 5.53. The van der Waals surface area contributed by atoms with Crippen molar-refractivity contribution in [3.63, 3.8) is 0 Å². The maximum Gasteiger partial charge on any atom is 0.229 e. The number of ether oxygens (including phenoxy) is 1. The van der Waals surface area contributed by atoms with Crippen molar-refractivity contribution in [2.45, 2.75) is 6.92 Å². The number of aromatic amines is 1. The van der Waals surface area contributed by atoms with Gasteiger partial charge in [0.15, 0.2) is 5.82 Å². The molecular weight excluding hydrogens is 409 g/mol. The topological polar surface area (TPSA) is 91.0 Å². The number of hydrogen-bond acceptors (Lipinski definition) is 7. The summed E-state index contributed by atoms with van der Waals surface area (Å²) in [6.07, 6.45) is 1.71. The molecule has 4 aromatic rings. The van der Waals surface area contributed by atoms with Crippen LogP contribution in [0.15, 0.2) is 42.6 Å². The van der Waals surface area contributed by atoms with Crippen LogP contribution in [0.4, 0.5) is 27.5 Å². The van der Waals surface area contributed by atoms with E-state index in [1.165, 1.54) is 6.07 Å². The summed E-state index contributed by atoms with van der Waals surface area (Å²) < 4.78 is 19.5. The van der Waals surface area contributed by atoms with Gasteiger partial charge in [-0.15, -0.1) is 0 Å². The van der Waals surface area contributed by atoms with Crippen LogP contribution in [0.25, 0.3) is 22.2 Å². The molecule has 5 rings (SSSR count). The lowest BCUT2D eigenvalue weighted by atomic mass is 10.1. The second-order valence-electron chi connectivity index (χ2n) is 7.72. The second-order valence-corrected chi connectivity index (χ2v) is 7.72. The first kappa shape index (κ1) is 20.2. The highest BCUT2D eigenvalue weighted by molar-refractivity contribution is 5.95. The monoisotopic (exact) mass is 433 g/mol. The number of hydrogen-bond donors (Lipinski definition) is 3. The van der Waals surface area contributed by atoms with Gasteiger partial charge in [0.2, 0.25) is 5.95 Å². The van der Waals surface area contributed by atoms with Gasteiger partial charge in [-0.3, -0.25) is 5.10 Å². The molecule has 1 aliphatic rings. The minimum absolute atomic E-state index is 0.294. The molecule has 0 amide bonds. The third-order valence-electron chi connectivity index (χ3n) is 5.53. The molecule has 3 heterocycles. The number of nitrogens with zero attached hydrogens (tertiary/aromatic N) is 4. The fourth-order valence-corrected chi connectivity index (χ4v) is 3.99. The SMILES string of the molecule is CNc1nc(Nc2cc(C)cc(N3CCOCC3)c2)ncc1-c1[nH]nc2c(F)cccc12. The molecule has 0 radical (unpaired) electrons. The van der Waals surface area contributed by atoms with Crippen molar-refractivity contribution in [3.8, 4) is 11.3 Å². The van der Waals surface area contributed by atoms with E-state index in [-0.39, 0.29) is 5.82 Å². The summed E-state index contributed by atoms with van der Waals surface area (Å²) in [5.74, 6) is 0.704. The Balaban J connectivity index is 1.46. The fourth-order valence-electron chi connectivity index (χ4n) is 3.99. The van der Waals surface area contributed by atoms with Gasteiger partial charge in [0.1, 0.15) is 11.3 Å². The van der Waals surface area contributed by atoms with E-state index in [0.29, 0.717) is 33.9 Å². The first-order valence-electron chi connectivity index (χ1n) is 10.5. The van der Waals surface area contributed by atoms with Crippen LogP contribution in [-0.2, 0) is 4.74 Å². The number of anilines is 4. The van der Waals surface area contributed by atoms with Crippen molar-refractivity contribution in [2.75, 3.05) is 48.9 Å². The molecule has 32 heavy (non-hydrogen) atoms. The smallest absolute Gasteiger partial charge is 0.229 e. The van der Waals surface area contributed by atoms with Crippen molar-refractivity contribution in [1.82, 2.24) is 20.2 Å². The average molecular weight is 433 g/mol. The lowest BCUT2D eigenvalue weighted by molar-refractivity contribution is 0.122. The molecule has 1 saturated heterocycles. The van der Waals surface area contributed by atoms with Crippen molar-refractivity contribution < 1.29 is 9.13 Å². The number of fused-ring (bicyclic) bond motifs is 1. The van der Waals surface area contributed by atoms with E-state index < -0.39 is 0 Å². The molecule has 2 aromatic heterocycles. The maximum absolute atomic E-state index is 14.1. The predicted molar refractivity (Wildman–Crippen MR) is 124 cm³/mol. The van der Waals surface area contributed by atoms with Gasteiger partial charge in [-0.25, -0.2) is 9.37 Å². The quantitative estimate of drug-likeness (QED) is 0.437. The van der Waals surface area contributed by atoms with E-state index in [2.05, 4.69) is 60.8 Å². The molecule has 9 heteroatoms. The van der Waals surface area contributed by atoms with E-state index in [0.717, 1.165) is 43.2 Å². The summed E-state index contributed by atoms with van der Waals surface area (Å²) in [6, 6.07) is 11.2. The number of aryl methyl sites for hydroxylation is 1. The Morgan fingerprint density at radius 3 is 2.81 bits per heavy atom. The first-order valence-corrected chi connectivity index (χ1v) is 10.5. The summed E-state index contributed by atoms with van der Waals surface area (Å²) in [6.45, 7) is 5.28. The van der Waals surface area contributed by atoms with E-state index in [9.17, 15) is 4.39 Å². The Kier molecular flexibility index (Phi) is 5.32. The Labute approximate surface area is 184 Å². The Hall–Kier alpha value is -3.72. The van der Waals surface area contributed by atoms with Crippen molar-refractivity contribution in [1.29, 1.82) is 0 Å². The van der Waals surface area contributed by atoms with Crippen LogP contribution >= 0.6 is 0 Å². The Morgan fingerprint density at radius 2 is 2.00 bits per heavy atom. The molecule has 164 valence electrons. The number of aromatic nitrogens is 4. The number of halogens is 1. The minimum atomic E-state index is -0.370. The molecule has 8 nitrogen and oxygen atoms in total. The van der Waals surface area contributed by atoms with Crippen molar-refractivity contribution in [3.05, 3.63) is 54.0 Å². The number of para-hydroxylation sites is 1. The highest BCUT2D eigenvalue weighted by Crippen LogP contribution is 2.32. The number of benzene rings is 2. The molecular formula is C23H24FN7O. The van der Waals surface area contributed by atoms with Gasteiger partial charge >= 0.3 is 0 Å². The molecule has 0 saturated carbocycles. The molecule has 0 unspecified atom stereocenters. The first-order chi connectivity index (χ1) is 15.6. The molecule has 0 aliphatic carbocycles. The van der Waals surface area contributed by atoms with Gasteiger partial charge in [-0.2, -0.15) is 10.1 Å². The maximum atomic E-state index is 14.1. The third kappa shape index (κ3) is 3.82. The van der Waals surface area contributed by atoms with Crippen molar-refractivity contribution >= 4 is 34.0 Å². The standard InChI is InChI=1S/C23H24FN7O/c1-14-10-15(12-16(11-14)31-6-8-32-9-7-31)27-23-26-13-18(22(25-2)28-23)20-17-4-3-5-19(24)21(17)30-29-20/h3-5,10-13H,6-9H2,1-2H3,(H,29,30)(H2,25,26,27,28). The number of rotatable bonds is 5. The van der Waals surface area contributed by atoms with E-state index in [1.54, 1.807) is 19.3 Å². The molecule has 1 aliphatic heterocycles. The Morgan fingerprint density at radius 1 is 1.16 bits per heavy atom. The highest BCUT2D eigenvalue weighted by atomic mass is 19.1. The largest absolute Gasteiger partial charge is 0.378 e. The minimum Gasteiger partial charge on any atom is -0.378 e. The summed E-state index contributed by atoms with van der Waals surface area (Å²) in [5.41, 5.74) is 4.88. The number of H-pyrrole nitrogens is 1. The van der Waals surface area contributed by atoms with Crippen LogP contribution in [0.1, 0.15) is 5.56 Å². The average Bonchev–Trinajstić information content (AvgIpc) is 3.24. The van der Waals surface area contributed by atoms with E-state index >= 15 is 0 Å². The van der Waals surface area contributed by atoms with Gasteiger partial charge < -0.3 is 20.3 Å². The van der Waals surface area contributed by atoms with Crippen LogP contribution in [0.3, 0.4) is 0 Å². The van der Waals surface area contributed by atoms with Gasteiger partial charge in [-0.1, -0.05) is 12.1 Å². The summed E-state index contributed by atoms with van der Waals surface area (Å²) in [4.78, 5) is 11.5. The number of nitrogens with one attached hydrogen (secondary N) is 3. The molecule has 0 atom stereocenters. The lowest BCUT2D eigenvalue weighted by Crippen LogP contribution is -2.36. The van der Waals surface area contributed by atoms with E-state index in [4.69, 9.17) is 4.74 Å². The summed E-state index contributed by atoms with van der Waals surface area (Å²) in [5, 5.41) is 14.1.